The van der Waals surface area contributed by atoms with Crippen molar-refractivity contribution in [3.05, 3.63) is 28.8 Å². The summed E-state index contributed by atoms with van der Waals surface area (Å²) in [5.41, 5.74) is 0.856. The number of rotatable bonds is 6. The molecule has 0 unspecified atom stereocenters. The summed E-state index contributed by atoms with van der Waals surface area (Å²) in [6, 6.07) is 5.05. The molecule has 4 nitrogen and oxygen atoms in total. The van der Waals surface area contributed by atoms with Crippen LogP contribution in [0.4, 0.5) is 0 Å². The largest absolute Gasteiger partial charge is 0.427 e. The Bertz CT molecular complexity index is 460. The van der Waals surface area contributed by atoms with Crippen molar-refractivity contribution in [2.75, 3.05) is 6.54 Å². The number of amides is 1. The van der Waals surface area contributed by atoms with Crippen LogP contribution < -0.4 is 10.1 Å². The standard InChI is InChI=1S/C14H18ClNO3/c1-3-16-13(17)5-4-6-14(18)19-11-7-8-12(15)10(2)9-11/h7-9H,3-6H2,1-2H3,(H,16,17). The predicted octanol–water partition coefficient (Wildman–Crippen LogP) is 2.86. The van der Waals surface area contributed by atoms with Crippen LogP contribution in [0.2, 0.25) is 5.02 Å². The Balaban J connectivity index is 2.35. The summed E-state index contributed by atoms with van der Waals surface area (Å²) >= 11 is 5.88. The fourth-order valence-corrected chi connectivity index (χ4v) is 1.66. The molecule has 1 rings (SSSR count). The van der Waals surface area contributed by atoms with Crippen LogP contribution >= 0.6 is 11.6 Å². The number of halogens is 1. The molecule has 0 bridgehead atoms. The van der Waals surface area contributed by atoms with E-state index in [2.05, 4.69) is 5.32 Å². The van der Waals surface area contributed by atoms with Crippen molar-refractivity contribution in [1.82, 2.24) is 5.32 Å². The summed E-state index contributed by atoms with van der Waals surface area (Å²) in [7, 11) is 0. The number of aryl methyl sites for hydroxylation is 1. The van der Waals surface area contributed by atoms with Gasteiger partial charge in [0.1, 0.15) is 5.75 Å². The van der Waals surface area contributed by atoms with Crippen molar-refractivity contribution in [3.8, 4) is 5.75 Å². The Morgan fingerprint density at radius 3 is 2.68 bits per heavy atom. The van der Waals surface area contributed by atoms with Crippen LogP contribution in [-0.2, 0) is 9.59 Å². The zero-order valence-corrected chi connectivity index (χ0v) is 11.9. The van der Waals surface area contributed by atoms with Crippen molar-refractivity contribution >= 4 is 23.5 Å². The second kappa shape index (κ2) is 7.79. The van der Waals surface area contributed by atoms with Crippen LogP contribution in [0.5, 0.6) is 5.75 Å². The Labute approximate surface area is 118 Å². The summed E-state index contributed by atoms with van der Waals surface area (Å²) in [6.45, 7) is 4.30. The first-order valence-corrected chi connectivity index (χ1v) is 6.64. The second-order valence-corrected chi connectivity index (χ2v) is 4.60. The molecule has 1 aromatic carbocycles. The van der Waals surface area contributed by atoms with Crippen LogP contribution in [0.15, 0.2) is 18.2 Å². The van der Waals surface area contributed by atoms with Crippen molar-refractivity contribution in [2.24, 2.45) is 0 Å². The number of benzene rings is 1. The molecular formula is C14H18ClNO3. The predicted molar refractivity (Wildman–Crippen MR) is 74.4 cm³/mol. The molecule has 0 aliphatic carbocycles. The minimum atomic E-state index is -0.342. The van der Waals surface area contributed by atoms with E-state index in [1.807, 2.05) is 13.8 Å². The highest BCUT2D eigenvalue weighted by molar-refractivity contribution is 6.31. The molecule has 0 radical (unpaired) electrons. The summed E-state index contributed by atoms with van der Waals surface area (Å²) < 4.78 is 5.16. The Kier molecular flexibility index (Phi) is 6.36. The molecule has 1 aromatic rings. The number of carbonyl (C=O) groups excluding carboxylic acids is 2. The number of hydrogen-bond acceptors (Lipinski definition) is 3. The molecule has 0 aromatic heterocycles. The number of carbonyl (C=O) groups is 2. The molecule has 0 aliphatic rings. The molecule has 104 valence electrons. The Hall–Kier alpha value is -1.55. The number of ether oxygens (including phenoxy) is 1. The van der Waals surface area contributed by atoms with Crippen LogP contribution in [-0.4, -0.2) is 18.4 Å². The molecule has 5 heteroatoms. The van der Waals surface area contributed by atoms with Gasteiger partial charge < -0.3 is 10.1 Å². The summed E-state index contributed by atoms with van der Waals surface area (Å²) in [6.07, 6.45) is 1.04. The van der Waals surface area contributed by atoms with Gasteiger partial charge in [0.2, 0.25) is 5.91 Å². The fourth-order valence-electron chi connectivity index (χ4n) is 1.54. The first kappa shape index (κ1) is 15.5. The topological polar surface area (TPSA) is 55.4 Å². The van der Waals surface area contributed by atoms with Crippen LogP contribution in [0, 0.1) is 6.92 Å². The van der Waals surface area contributed by atoms with Gasteiger partial charge in [-0.15, -0.1) is 0 Å². The fraction of sp³-hybridized carbons (Fsp3) is 0.429. The van der Waals surface area contributed by atoms with Gasteiger partial charge in [0.15, 0.2) is 0 Å². The summed E-state index contributed by atoms with van der Waals surface area (Å²) in [4.78, 5) is 22.7. The van der Waals surface area contributed by atoms with Gasteiger partial charge in [-0.25, -0.2) is 0 Å². The SMILES string of the molecule is CCNC(=O)CCCC(=O)Oc1ccc(Cl)c(C)c1. The maximum absolute atomic E-state index is 11.6. The Morgan fingerprint density at radius 2 is 2.05 bits per heavy atom. The first-order valence-electron chi connectivity index (χ1n) is 6.26. The highest BCUT2D eigenvalue weighted by Gasteiger charge is 2.07. The lowest BCUT2D eigenvalue weighted by molar-refractivity contribution is -0.134. The van der Waals surface area contributed by atoms with E-state index in [-0.39, 0.29) is 18.3 Å². The van der Waals surface area contributed by atoms with Gasteiger partial charge in [0, 0.05) is 24.4 Å². The highest BCUT2D eigenvalue weighted by Crippen LogP contribution is 2.21. The van der Waals surface area contributed by atoms with E-state index < -0.39 is 0 Å². The van der Waals surface area contributed by atoms with Gasteiger partial charge in [-0.05, 0) is 44.0 Å². The van der Waals surface area contributed by atoms with Crippen molar-refractivity contribution < 1.29 is 14.3 Å². The van der Waals surface area contributed by atoms with E-state index >= 15 is 0 Å². The smallest absolute Gasteiger partial charge is 0.311 e. The van der Waals surface area contributed by atoms with E-state index in [4.69, 9.17) is 16.3 Å². The van der Waals surface area contributed by atoms with Crippen molar-refractivity contribution in [3.63, 3.8) is 0 Å². The van der Waals surface area contributed by atoms with Gasteiger partial charge in [-0.3, -0.25) is 9.59 Å². The van der Waals surface area contributed by atoms with E-state index in [9.17, 15) is 9.59 Å². The summed E-state index contributed by atoms with van der Waals surface area (Å²) in [5.74, 6) is 0.0913. The molecular weight excluding hydrogens is 266 g/mol. The average Bonchev–Trinajstić information content (AvgIpc) is 2.34. The number of nitrogens with one attached hydrogen (secondary N) is 1. The molecule has 0 saturated heterocycles. The van der Waals surface area contributed by atoms with Gasteiger partial charge in [0.25, 0.3) is 0 Å². The third-order valence-corrected chi connectivity index (χ3v) is 2.94. The highest BCUT2D eigenvalue weighted by atomic mass is 35.5. The minimum absolute atomic E-state index is 0.0439. The monoisotopic (exact) mass is 283 g/mol. The maximum Gasteiger partial charge on any atom is 0.311 e. The van der Waals surface area contributed by atoms with E-state index in [1.165, 1.54) is 0 Å². The number of esters is 1. The average molecular weight is 284 g/mol. The zero-order valence-electron chi connectivity index (χ0n) is 11.2. The lowest BCUT2D eigenvalue weighted by Crippen LogP contribution is -2.22. The lowest BCUT2D eigenvalue weighted by atomic mass is 10.2. The van der Waals surface area contributed by atoms with Crippen LogP contribution in [0.25, 0.3) is 0 Å². The third-order valence-electron chi connectivity index (χ3n) is 2.52. The number of hydrogen-bond donors (Lipinski definition) is 1. The maximum atomic E-state index is 11.6. The van der Waals surface area contributed by atoms with Gasteiger partial charge in [-0.2, -0.15) is 0 Å². The van der Waals surface area contributed by atoms with Gasteiger partial charge in [-0.1, -0.05) is 11.6 Å². The van der Waals surface area contributed by atoms with Crippen LogP contribution in [0.3, 0.4) is 0 Å². The van der Waals surface area contributed by atoms with Crippen molar-refractivity contribution in [2.45, 2.75) is 33.1 Å². The molecule has 0 saturated carbocycles. The quantitative estimate of drug-likeness (QED) is 0.645. The normalized spacial score (nSPS) is 10.1. The zero-order chi connectivity index (χ0) is 14.3. The molecule has 0 heterocycles. The van der Waals surface area contributed by atoms with Gasteiger partial charge in [0.05, 0.1) is 0 Å². The third kappa shape index (κ3) is 5.75. The second-order valence-electron chi connectivity index (χ2n) is 4.19. The van der Waals surface area contributed by atoms with Crippen LogP contribution in [0.1, 0.15) is 31.7 Å². The first-order chi connectivity index (χ1) is 9.02. The van der Waals surface area contributed by atoms with E-state index in [0.717, 1.165) is 5.56 Å². The molecule has 0 spiro atoms. The lowest BCUT2D eigenvalue weighted by Gasteiger charge is -2.06. The Morgan fingerprint density at radius 1 is 1.32 bits per heavy atom. The van der Waals surface area contributed by atoms with Gasteiger partial charge >= 0.3 is 5.97 Å². The van der Waals surface area contributed by atoms with Crippen molar-refractivity contribution in [1.29, 1.82) is 0 Å². The molecule has 1 amide bonds. The molecule has 19 heavy (non-hydrogen) atoms. The van der Waals surface area contributed by atoms with E-state index in [1.54, 1.807) is 18.2 Å². The molecule has 1 N–H and O–H groups in total. The molecule has 0 aliphatic heterocycles. The molecule has 0 atom stereocenters. The molecule has 0 fully saturated rings. The summed E-state index contributed by atoms with van der Waals surface area (Å²) in [5, 5.41) is 3.31. The van der Waals surface area contributed by atoms with E-state index in [0.29, 0.717) is 30.2 Å². The minimum Gasteiger partial charge on any atom is -0.427 e.